The Morgan fingerprint density at radius 2 is 1.00 bits per heavy atom. The molecule has 0 aromatic rings. The lowest BCUT2D eigenvalue weighted by molar-refractivity contribution is -0.137. The maximum Gasteiger partial charge on any atom is 0.303 e. The highest BCUT2D eigenvalue weighted by Gasteiger charge is 1.96. The minimum absolute atomic E-state index is 0.345. The molecule has 0 aliphatic heterocycles. The van der Waals surface area contributed by atoms with E-state index in [1.807, 2.05) is 0 Å². The molecule has 0 aliphatic carbocycles. The normalized spacial score (nSPS) is 10.7. The summed E-state index contributed by atoms with van der Waals surface area (Å²) in [5, 5.41) is 8.49. The van der Waals surface area contributed by atoms with Gasteiger partial charge < -0.3 is 5.11 Å². The van der Waals surface area contributed by atoms with Gasteiger partial charge in [-0.2, -0.15) is 0 Å². The summed E-state index contributed by atoms with van der Waals surface area (Å²) >= 11 is 0. The van der Waals surface area contributed by atoms with Crippen molar-refractivity contribution >= 4 is 5.97 Å². The third-order valence-electron chi connectivity index (χ3n) is 3.49. The predicted octanol–water partition coefficient (Wildman–Crippen LogP) is 5.55. The molecule has 0 heterocycles. The smallest absolute Gasteiger partial charge is 0.303 e. The van der Waals surface area contributed by atoms with Gasteiger partial charge in [-0.05, 0) is 6.42 Å². The third-order valence-corrected chi connectivity index (χ3v) is 3.49. The molecule has 2 heteroatoms. The van der Waals surface area contributed by atoms with Gasteiger partial charge in [-0.1, -0.05) is 84.0 Å². The molecule has 0 atom stereocenters. The highest BCUT2D eigenvalue weighted by Crippen LogP contribution is 2.12. The first-order valence-electron chi connectivity index (χ1n) is 7.99. The highest BCUT2D eigenvalue weighted by atomic mass is 16.4. The molecule has 18 heavy (non-hydrogen) atoms. The molecule has 0 aromatic carbocycles. The van der Waals surface area contributed by atoms with Crippen molar-refractivity contribution in [3.63, 3.8) is 0 Å². The Labute approximate surface area is 113 Å². The van der Waals surface area contributed by atoms with E-state index in [0.29, 0.717) is 6.42 Å². The number of carboxylic acid groups (broad SMARTS) is 1. The minimum Gasteiger partial charge on any atom is -0.481 e. The zero-order valence-corrected chi connectivity index (χ0v) is 12.3. The van der Waals surface area contributed by atoms with Crippen LogP contribution in [0.5, 0.6) is 0 Å². The molecule has 108 valence electrons. The molecule has 0 radical (unpaired) electrons. The Morgan fingerprint density at radius 3 is 1.33 bits per heavy atom. The van der Waals surface area contributed by atoms with Crippen molar-refractivity contribution in [1.82, 2.24) is 0 Å². The van der Waals surface area contributed by atoms with Crippen LogP contribution in [0.3, 0.4) is 0 Å². The average Bonchev–Trinajstić information content (AvgIpc) is 2.34. The van der Waals surface area contributed by atoms with E-state index >= 15 is 0 Å². The standard InChI is InChI=1S/C16H32O2/c1-2-3-4-5-6-7-8-9-10-11-12-13-14-15-16(17)18/h2-15H2,1H3,(H,17,18)/i4+1. The molecule has 0 saturated carbocycles. The average molecular weight is 257 g/mol. The van der Waals surface area contributed by atoms with E-state index in [4.69, 9.17) is 5.11 Å². The zero-order valence-electron chi connectivity index (χ0n) is 12.3. The Balaban J connectivity index is 2.92. The van der Waals surface area contributed by atoms with Crippen LogP contribution in [0.15, 0.2) is 0 Å². The summed E-state index contributed by atoms with van der Waals surface area (Å²) in [7, 11) is 0. The van der Waals surface area contributed by atoms with Gasteiger partial charge >= 0.3 is 5.97 Å². The largest absolute Gasteiger partial charge is 0.481 e. The molecule has 0 bridgehead atoms. The van der Waals surface area contributed by atoms with Crippen molar-refractivity contribution in [3.8, 4) is 0 Å². The molecule has 0 unspecified atom stereocenters. The van der Waals surface area contributed by atoms with Crippen molar-refractivity contribution in [1.29, 1.82) is 0 Å². The summed E-state index contributed by atoms with van der Waals surface area (Å²) in [5.74, 6) is -0.655. The van der Waals surface area contributed by atoms with Crippen molar-refractivity contribution < 1.29 is 9.90 Å². The van der Waals surface area contributed by atoms with Crippen molar-refractivity contribution in [3.05, 3.63) is 0 Å². The van der Waals surface area contributed by atoms with Crippen LogP contribution in [0.4, 0.5) is 0 Å². The van der Waals surface area contributed by atoms with Gasteiger partial charge in [0.25, 0.3) is 0 Å². The lowest BCUT2D eigenvalue weighted by Gasteiger charge is -2.02. The first-order chi connectivity index (χ1) is 8.77. The maximum atomic E-state index is 10.3. The molecular formula is C16H32O2. The van der Waals surface area contributed by atoms with E-state index < -0.39 is 5.97 Å². The lowest BCUT2D eigenvalue weighted by atomic mass is 10.1. The number of carboxylic acids is 1. The van der Waals surface area contributed by atoms with E-state index in [-0.39, 0.29) is 0 Å². The topological polar surface area (TPSA) is 37.3 Å². The van der Waals surface area contributed by atoms with Gasteiger partial charge in [0.15, 0.2) is 0 Å². The van der Waals surface area contributed by atoms with Gasteiger partial charge in [-0.25, -0.2) is 0 Å². The number of hydrogen-bond donors (Lipinski definition) is 1. The van der Waals surface area contributed by atoms with Gasteiger partial charge in [-0.15, -0.1) is 0 Å². The summed E-state index contributed by atoms with van der Waals surface area (Å²) in [6, 6.07) is 0. The summed E-state index contributed by atoms with van der Waals surface area (Å²) in [4.78, 5) is 10.3. The number of unbranched alkanes of at least 4 members (excludes halogenated alkanes) is 12. The lowest BCUT2D eigenvalue weighted by Crippen LogP contribution is -1.93. The number of rotatable bonds is 14. The van der Waals surface area contributed by atoms with E-state index in [2.05, 4.69) is 6.92 Å². The highest BCUT2D eigenvalue weighted by molar-refractivity contribution is 5.66. The monoisotopic (exact) mass is 257 g/mol. The van der Waals surface area contributed by atoms with Crippen LogP contribution in [0, 0.1) is 0 Å². The van der Waals surface area contributed by atoms with Crippen LogP contribution in [0.25, 0.3) is 0 Å². The van der Waals surface area contributed by atoms with E-state index in [1.54, 1.807) is 0 Å². The minimum atomic E-state index is -0.655. The number of aliphatic carboxylic acids is 1. The molecule has 0 amide bonds. The molecule has 0 aliphatic rings. The van der Waals surface area contributed by atoms with E-state index in [0.717, 1.165) is 12.8 Å². The second-order valence-corrected chi connectivity index (χ2v) is 5.39. The molecule has 1 N–H and O–H groups in total. The predicted molar refractivity (Wildman–Crippen MR) is 77.9 cm³/mol. The maximum absolute atomic E-state index is 10.3. The second kappa shape index (κ2) is 14.5. The van der Waals surface area contributed by atoms with E-state index in [1.165, 1.54) is 70.6 Å². The summed E-state index contributed by atoms with van der Waals surface area (Å²) < 4.78 is 0. The fourth-order valence-electron chi connectivity index (χ4n) is 2.29. The van der Waals surface area contributed by atoms with Crippen LogP contribution in [-0.4, -0.2) is 11.1 Å². The molecule has 2 nitrogen and oxygen atoms in total. The van der Waals surface area contributed by atoms with Crippen LogP contribution < -0.4 is 0 Å². The van der Waals surface area contributed by atoms with Gasteiger partial charge in [0.2, 0.25) is 0 Å². The first-order valence-corrected chi connectivity index (χ1v) is 7.99. The quantitative estimate of drug-likeness (QED) is 0.327. The Bertz CT molecular complexity index is 178. The fourth-order valence-corrected chi connectivity index (χ4v) is 2.29. The summed E-state index contributed by atoms with van der Waals surface area (Å²) in [5.41, 5.74) is 0. The zero-order chi connectivity index (χ0) is 13.5. The Hall–Kier alpha value is -0.530. The third kappa shape index (κ3) is 15.5. The molecular weight excluding hydrogens is 225 g/mol. The van der Waals surface area contributed by atoms with Gasteiger partial charge in [0.1, 0.15) is 0 Å². The van der Waals surface area contributed by atoms with Crippen LogP contribution >= 0.6 is 0 Å². The molecule has 0 spiro atoms. The second-order valence-electron chi connectivity index (χ2n) is 5.39. The molecule has 0 saturated heterocycles. The Morgan fingerprint density at radius 1 is 0.667 bits per heavy atom. The van der Waals surface area contributed by atoms with E-state index in [9.17, 15) is 4.79 Å². The first kappa shape index (κ1) is 17.5. The van der Waals surface area contributed by atoms with Gasteiger partial charge in [-0.3, -0.25) is 4.79 Å². The number of hydrogen-bond acceptors (Lipinski definition) is 1. The molecule has 0 aromatic heterocycles. The summed E-state index contributed by atoms with van der Waals surface area (Å²) in [6.07, 6.45) is 17.3. The summed E-state index contributed by atoms with van der Waals surface area (Å²) in [6.45, 7) is 2.26. The van der Waals surface area contributed by atoms with Gasteiger partial charge in [0.05, 0.1) is 0 Å². The Kier molecular flexibility index (Phi) is 14.1. The van der Waals surface area contributed by atoms with Crippen molar-refractivity contribution in [2.45, 2.75) is 96.8 Å². The molecule has 0 fully saturated rings. The van der Waals surface area contributed by atoms with Gasteiger partial charge in [0, 0.05) is 6.42 Å². The molecule has 0 rings (SSSR count). The van der Waals surface area contributed by atoms with Crippen LogP contribution in [0.2, 0.25) is 0 Å². The SMILES string of the molecule is CCC[13CH2]CCCCCCCCCCCC(=O)O. The fraction of sp³-hybridized carbons (Fsp3) is 0.938. The van der Waals surface area contributed by atoms with Crippen molar-refractivity contribution in [2.24, 2.45) is 0 Å². The van der Waals surface area contributed by atoms with Crippen LogP contribution in [0.1, 0.15) is 96.8 Å². The van der Waals surface area contributed by atoms with Crippen LogP contribution in [-0.2, 0) is 4.79 Å². The number of carbonyl (C=O) groups is 1. The van der Waals surface area contributed by atoms with Crippen molar-refractivity contribution in [2.75, 3.05) is 0 Å².